The van der Waals surface area contributed by atoms with Crippen molar-refractivity contribution in [3.63, 3.8) is 0 Å². The van der Waals surface area contributed by atoms with Gasteiger partial charge in [0.2, 0.25) is 5.76 Å². The van der Waals surface area contributed by atoms with Gasteiger partial charge in [-0.2, -0.15) is 0 Å². The fourth-order valence-corrected chi connectivity index (χ4v) is 2.07. The molecule has 0 saturated heterocycles. The number of benzene rings is 1. The summed E-state index contributed by atoms with van der Waals surface area (Å²) in [7, 11) is 1.45. The molecule has 0 spiro atoms. The highest BCUT2D eigenvalue weighted by atomic mass is 19.1. The number of aromatic carboxylic acids is 1. The molecule has 20 heavy (non-hydrogen) atoms. The molecule has 106 valence electrons. The van der Waals surface area contributed by atoms with Crippen LogP contribution in [-0.2, 0) is 0 Å². The lowest BCUT2D eigenvalue weighted by molar-refractivity contribution is 0.0652. The molecule has 2 aromatic rings. The molecule has 0 bridgehead atoms. The number of carbonyl (C=O) groups is 1. The first-order chi connectivity index (χ1) is 9.43. The van der Waals surface area contributed by atoms with Crippen LogP contribution in [0.15, 0.2) is 22.7 Å². The molecule has 2 rings (SSSR count). The van der Waals surface area contributed by atoms with Gasteiger partial charge in [-0.15, -0.1) is 0 Å². The lowest BCUT2D eigenvalue weighted by Gasteiger charge is -2.15. The topological polar surface area (TPSA) is 72.6 Å². The second-order valence-electron chi connectivity index (χ2n) is 4.61. The third kappa shape index (κ3) is 2.49. The lowest BCUT2D eigenvalue weighted by atomic mass is 9.94. The summed E-state index contributed by atoms with van der Waals surface area (Å²) in [5.74, 6) is -1.56. The molecule has 1 heterocycles. The molecule has 1 aromatic heterocycles. The Morgan fingerprint density at radius 1 is 1.40 bits per heavy atom. The minimum atomic E-state index is -1.22. The van der Waals surface area contributed by atoms with E-state index in [2.05, 4.69) is 5.16 Å². The smallest absolute Gasteiger partial charge is 0.374 e. The van der Waals surface area contributed by atoms with Gasteiger partial charge in [-0.25, -0.2) is 9.18 Å². The zero-order chi connectivity index (χ0) is 14.9. The molecule has 0 atom stereocenters. The molecule has 0 aliphatic carbocycles. The van der Waals surface area contributed by atoms with Crippen molar-refractivity contribution in [1.82, 2.24) is 5.16 Å². The van der Waals surface area contributed by atoms with E-state index in [1.807, 2.05) is 13.8 Å². The minimum absolute atomic E-state index is 0.0468. The molecule has 1 N–H and O–H groups in total. The fourth-order valence-electron chi connectivity index (χ4n) is 2.07. The van der Waals surface area contributed by atoms with Gasteiger partial charge in [0.25, 0.3) is 0 Å². The summed E-state index contributed by atoms with van der Waals surface area (Å²) in [5, 5.41) is 12.5. The molecular formula is C14H14FNO4. The lowest BCUT2D eigenvalue weighted by Crippen LogP contribution is -1.99. The third-order valence-corrected chi connectivity index (χ3v) is 2.90. The first kappa shape index (κ1) is 14.0. The van der Waals surface area contributed by atoms with E-state index >= 15 is 0 Å². The summed E-state index contributed by atoms with van der Waals surface area (Å²) in [6.07, 6.45) is 0. The number of aromatic nitrogens is 1. The molecule has 0 fully saturated rings. The first-order valence-electron chi connectivity index (χ1n) is 6.01. The summed E-state index contributed by atoms with van der Waals surface area (Å²) >= 11 is 0. The van der Waals surface area contributed by atoms with Crippen LogP contribution in [0, 0.1) is 5.82 Å². The highest BCUT2D eigenvalue weighted by Gasteiger charge is 2.20. The number of rotatable bonds is 4. The van der Waals surface area contributed by atoms with Gasteiger partial charge in [0.15, 0.2) is 0 Å². The number of hydrogen-bond donors (Lipinski definition) is 1. The zero-order valence-electron chi connectivity index (χ0n) is 11.3. The second kappa shape index (κ2) is 5.32. The van der Waals surface area contributed by atoms with Crippen molar-refractivity contribution in [2.24, 2.45) is 0 Å². The largest absolute Gasteiger partial charge is 0.496 e. The van der Waals surface area contributed by atoms with Gasteiger partial charge in [-0.3, -0.25) is 0 Å². The summed E-state index contributed by atoms with van der Waals surface area (Å²) in [5.41, 5.74) is 1.48. The maximum absolute atomic E-state index is 13.7. The Balaban J connectivity index is 2.64. The number of methoxy groups -OCH3 is 1. The quantitative estimate of drug-likeness (QED) is 0.929. The first-order valence-corrected chi connectivity index (χ1v) is 6.01. The third-order valence-electron chi connectivity index (χ3n) is 2.90. The molecule has 0 aliphatic rings. The molecule has 0 amide bonds. The van der Waals surface area contributed by atoms with Gasteiger partial charge < -0.3 is 14.4 Å². The Labute approximate surface area is 115 Å². The van der Waals surface area contributed by atoms with Crippen molar-refractivity contribution in [1.29, 1.82) is 0 Å². The Bertz CT molecular complexity index is 649. The van der Waals surface area contributed by atoms with E-state index in [0.717, 1.165) is 5.56 Å². The van der Waals surface area contributed by atoms with Crippen LogP contribution in [0.2, 0.25) is 0 Å². The standard InChI is InChI=1S/C14H14FNO4/c1-7(2)13-9(4-8(15)5-11(13)19-3)10-6-12(14(17)18)20-16-10/h4-7H,1-3H3,(H,17,18). The van der Waals surface area contributed by atoms with Crippen LogP contribution < -0.4 is 4.74 Å². The van der Waals surface area contributed by atoms with Crippen molar-refractivity contribution >= 4 is 5.97 Å². The van der Waals surface area contributed by atoms with Crippen LogP contribution in [0.4, 0.5) is 4.39 Å². The van der Waals surface area contributed by atoms with E-state index in [4.69, 9.17) is 14.4 Å². The predicted octanol–water partition coefficient (Wildman–Crippen LogP) is 3.31. The Morgan fingerprint density at radius 2 is 2.10 bits per heavy atom. The van der Waals surface area contributed by atoms with Crippen molar-refractivity contribution < 1.29 is 23.6 Å². The highest BCUT2D eigenvalue weighted by molar-refractivity contribution is 5.86. The van der Waals surface area contributed by atoms with Crippen LogP contribution in [0.3, 0.4) is 0 Å². The van der Waals surface area contributed by atoms with Crippen LogP contribution in [0.1, 0.15) is 35.9 Å². The summed E-state index contributed by atoms with van der Waals surface area (Å²) in [6.45, 7) is 3.86. The SMILES string of the molecule is COc1cc(F)cc(-c2cc(C(=O)O)on2)c1C(C)C. The van der Waals surface area contributed by atoms with Gasteiger partial charge in [0.1, 0.15) is 17.3 Å². The van der Waals surface area contributed by atoms with Gasteiger partial charge in [-0.05, 0) is 12.0 Å². The van der Waals surface area contributed by atoms with E-state index in [9.17, 15) is 9.18 Å². The Kier molecular flexibility index (Phi) is 3.74. The number of nitrogens with zero attached hydrogens (tertiary/aromatic N) is 1. The van der Waals surface area contributed by atoms with E-state index < -0.39 is 11.8 Å². The predicted molar refractivity (Wildman–Crippen MR) is 69.5 cm³/mol. The van der Waals surface area contributed by atoms with E-state index in [-0.39, 0.29) is 17.4 Å². The highest BCUT2D eigenvalue weighted by Crippen LogP contribution is 2.36. The molecule has 0 radical (unpaired) electrons. The van der Waals surface area contributed by atoms with Gasteiger partial charge in [0, 0.05) is 23.3 Å². The van der Waals surface area contributed by atoms with Crippen LogP contribution in [0.5, 0.6) is 5.75 Å². The van der Waals surface area contributed by atoms with Crippen molar-refractivity contribution in [3.05, 3.63) is 35.3 Å². The average molecular weight is 279 g/mol. The van der Waals surface area contributed by atoms with E-state index in [1.165, 1.54) is 25.3 Å². The number of halogens is 1. The average Bonchev–Trinajstić information content (AvgIpc) is 2.86. The van der Waals surface area contributed by atoms with E-state index in [0.29, 0.717) is 11.3 Å². The summed E-state index contributed by atoms with van der Waals surface area (Å²) in [4.78, 5) is 10.8. The number of carboxylic acid groups (broad SMARTS) is 1. The van der Waals surface area contributed by atoms with Gasteiger partial charge in [-0.1, -0.05) is 19.0 Å². The minimum Gasteiger partial charge on any atom is -0.496 e. The van der Waals surface area contributed by atoms with Crippen molar-refractivity contribution in [3.8, 4) is 17.0 Å². The number of hydrogen-bond acceptors (Lipinski definition) is 4. The maximum Gasteiger partial charge on any atom is 0.374 e. The fraction of sp³-hybridized carbons (Fsp3) is 0.286. The Hall–Kier alpha value is -2.37. The summed E-state index contributed by atoms with van der Waals surface area (Å²) < 4.78 is 23.6. The molecule has 0 unspecified atom stereocenters. The second-order valence-corrected chi connectivity index (χ2v) is 4.61. The molecule has 5 nitrogen and oxygen atoms in total. The maximum atomic E-state index is 13.7. The number of ether oxygens (including phenoxy) is 1. The van der Waals surface area contributed by atoms with Crippen molar-refractivity contribution in [2.45, 2.75) is 19.8 Å². The number of carboxylic acids is 1. The Morgan fingerprint density at radius 3 is 2.60 bits per heavy atom. The summed E-state index contributed by atoms with van der Waals surface area (Å²) in [6, 6.07) is 3.85. The normalized spacial score (nSPS) is 10.8. The molecule has 1 aromatic carbocycles. The molecule has 0 saturated carbocycles. The molecule has 6 heteroatoms. The van der Waals surface area contributed by atoms with Crippen LogP contribution >= 0.6 is 0 Å². The molecule has 0 aliphatic heterocycles. The monoisotopic (exact) mass is 279 g/mol. The van der Waals surface area contributed by atoms with E-state index in [1.54, 1.807) is 0 Å². The van der Waals surface area contributed by atoms with Crippen LogP contribution in [-0.4, -0.2) is 23.3 Å². The zero-order valence-corrected chi connectivity index (χ0v) is 11.3. The van der Waals surface area contributed by atoms with Crippen molar-refractivity contribution in [2.75, 3.05) is 7.11 Å². The molecular weight excluding hydrogens is 265 g/mol. The van der Waals surface area contributed by atoms with Gasteiger partial charge >= 0.3 is 5.97 Å². The van der Waals surface area contributed by atoms with Gasteiger partial charge in [0.05, 0.1) is 7.11 Å². The van der Waals surface area contributed by atoms with Crippen LogP contribution in [0.25, 0.3) is 11.3 Å².